The molecule has 0 unspecified atom stereocenters. The Bertz CT molecular complexity index is 1480. The molecule has 0 amide bonds. The summed E-state index contributed by atoms with van der Waals surface area (Å²) in [5, 5.41) is 5.46. The number of allylic oxidation sites excluding steroid dienone is 4. The molecule has 1 nitrogen and oxygen atoms in total. The molecule has 0 bridgehead atoms. The molecule has 0 atom stereocenters. The van der Waals surface area contributed by atoms with Gasteiger partial charge in [0.1, 0.15) is 0 Å². The van der Waals surface area contributed by atoms with E-state index in [0.29, 0.717) is 0 Å². The van der Waals surface area contributed by atoms with Crippen LogP contribution < -0.4 is 18.9 Å². The van der Waals surface area contributed by atoms with Crippen molar-refractivity contribution in [1.82, 2.24) is 0 Å². The summed E-state index contributed by atoms with van der Waals surface area (Å²) in [5.41, 5.74) is 5.47. The van der Waals surface area contributed by atoms with Gasteiger partial charge in [0, 0.05) is 13.2 Å². The minimum atomic E-state index is 0. The van der Waals surface area contributed by atoms with Crippen LogP contribution in [0.3, 0.4) is 0 Å². The molecule has 1 aliphatic carbocycles. The van der Waals surface area contributed by atoms with Crippen LogP contribution in [-0.4, -0.2) is 16.4 Å². The first-order chi connectivity index (χ1) is 18.2. The van der Waals surface area contributed by atoms with Crippen LogP contribution in [0.25, 0.3) is 27.1 Å². The molecule has 0 aliphatic heterocycles. The molecule has 41 heavy (non-hydrogen) atoms. The van der Waals surface area contributed by atoms with E-state index in [9.17, 15) is 0 Å². The van der Waals surface area contributed by atoms with Crippen LogP contribution in [0, 0.1) is 0 Å². The molecule has 0 radical (unpaired) electrons. The van der Waals surface area contributed by atoms with Gasteiger partial charge in [-0.05, 0) is 20.3 Å². The molecular weight excluding hydrogens is 641 g/mol. The zero-order valence-electron chi connectivity index (χ0n) is 24.9. The van der Waals surface area contributed by atoms with Crippen molar-refractivity contribution in [2.45, 2.75) is 20.3 Å². The molecule has 5 aromatic rings. The standard InChI is InChI=1S/C18H13.C13H10.C4H10O.3ClH.Li.Zr.H/c1-2-7-13(6-1)15-10-5-11-17-16-9-4-3-8-14(16)12-18(15)17;1-3-7-12(8-4-1)11-13-9-5-2-6-10-13;1-3-5-4-2;;;;;;/h1-6,8-12H,7H2;1-10H;3-4H2,1-2H3;3*1H;;;/q-1;;;;;;+1;;-1. The Balaban J connectivity index is 0. The van der Waals surface area contributed by atoms with Crippen molar-refractivity contribution < 1.29 is 49.3 Å². The average molecular weight is 678 g/mol. The molecule has 5 aromatic carbocycles. The number of halogens is 3. The van der Waals surface area contributed by atoms with Crippen LogP contribution >= 0.6 is 37.2 Å². The second kappa shape index (κ2) is 21.2. The maximum atomic E-state index is 4.83. The Hall–Kier alpha value is -1.59. The zero-order chi connectivity index (χ0) is 25.9. The number of fused-ring (bicyclic) bond motifs is 3. The first kappa shape index (κ1) is 39.4. The average Bonchev–Trinajstić information content (AvgIpc) is 3.63. The Kier molecular flexibility index (Phi) is 20.3. The van der Waals surface area contributed by atoms with Gasteiger partial charge in [0.05, 0.1) is 0 Å². The van der Waals surface area contributed by atoms with Gasteiger partial charge in [0.2, 0.25) is 0 Å². The maximum absolute atomic E-state index is 4.83. The number of ether oxygens (including phenoxy) is 1. The number of hydrogen-bond donors (Lipinski definition) is 0. The molecule has 6 heteroatoms. The van der Waals surface area contributed by atoms with Crippen molar-refractivity contribution in [2.75, 3.05) is 13.2 Å². The molecular formula is C35H37Cl3LiOZr-. The molecule has 0 N–H and O–H groups in total. The molecule has 0 saturated carbocycles. The Morgan fingerprint density at radius 2 is 1.27 bits per heavy atom. The molecule has 0 saturated heterocycles. The summed E-state index contributed by atoms with van der Waals surface area (Å²) in [6.45, 7) is 5.67. The fraction of sp³-hybridized carbons (Fsp3) is 0.143. The topological polar surface area (TPSA) is 9.23 Å². The molecule has 0 aromatic heterocycles. The Morgan fingerprint density at radius 1 is 0.732 bits per heavy atom. The zero-order valence-corrected chi connectivity index (χ0v) is 28.8. The van der Waals surface area contributed by atoms with Crippen LogP contribution in [0.4, 0.5) is 0 Å². The van der Waals surface area contributed by atoms with E-state index >= 15 is 0 Å². The van der Waals surface area contributed by atoms with Crippen molar-refractivity contribution in [3.8, 4) is 0 Å². The number of hydrogen-bond acceptors (Lipinski definition) is 1. The van der Waals surface area contributed by atoms with Crippen LogP contribution in [0.1, 0.15) is 38.4 Å². The van der Waals surface area contributed by atoms with Gasteiger partial charge in [-0.2, -0.15) is 0 Å². The Labute approximate surface area is 292 Å². The monoisotopic (exact) mass is 675 g/mol. The first-order valence-electron chi connectivity index (χ1n) is 12.9. The van der Waals surface area contributed by atoms with E-state index in [1.165, 1.54) is 71.2 Å². The van der Waals surface area contributed by atoms with Gasteiger partial charge in [0.25, 0.3) is 0 Å². The fourth-order valence-corrected chi connectivity index (χ4v) is 5.31. The summed E-state index contributed by atoms with van der Waals surface area (Å²) in [6.07, 6.45) is 7.65. The number of benzene rings is 4. The van der Waals surface area contributed by atoms with Gasteiger partial charge in [-0.3, -0.25) is 0 Å². The summed E-state index contributed by atoms with van der Waals surface area (Å²) < 4.78 is 6.25. The van der Waals surface area contributed by atoms with E-state index in [2.05, 4.69) is 127 Å². The molecule has 0 fully saturated rings. The van der Waals surface area contributed by atoms with Crippen molar-refractivity contribution in [3.63, 3.8) is 0 Å². The quantitative estimate of drug-likeness (QED) is 0.140. The third-order valence-electron chi connectivity index (χ3n) is 6.31. The molecule has 6 rings (SSSR count). The molecule has 0 spiro atoms. The van der Waals surface area contributed by atoms with Gasteiger partial charge in [-0.1, -0.05) is 65.8 Å². The summed E-state index contributed by atoms with van der Waals surface area (Å²) in [5.74, 6) is 0. The van der Waals surface area contributed by atoms with Crippen molar-refractivity contribution in [1.29, 1.82) is 0 Å². The molecule has 210 valence electrons. The Morgan fingerprint density at radius 3 is 1.78 bits per heavy atom. The van der Waals surface area contributed by atoms with Crippen molar-refractivity contribution in [3.05, 3.63) is 144 Å². The molecule has 0 heterocycles. The summed E-state index contributed by atoms with van der Waals surface area (Å²) >= 11 is 1.46. The predicted octanol–water partition coefficient (Wildman–Crippen LogP) is 7.28. The van der Waals surface area contributed by atoms with Gasteiger partial charge in [-0.15, -0.1) is 70.9 Å². The number of rotatable bonds is 5. The summed E-state index contributed by atoms with van der Waals surface area (Å²) in [6, 6.07) is 38.7. The van der Waals surface area contributed by atoms with Crippen molar-refractivity contribution >= 4 is 67.5 Å². The fourth-order valence-electron chi connectivity index (χ4n) is 4.49. The first-order valence-corrected chi connectivity index (χ1v) is 14.2. The third kappa shape index (κ3) is 10.9. The van der Waals surface area contributed by atoms with E-state index in [4.69, 9.17) is 4.74 Å². The van der Waals surface area contributed by atoms with Crippen LogP contribution in [0.15, 0.2) is 127 Å². The van der Waals surface area contributed by atoms with Gasteiger partial charge >= 0.3 is 118 Å². The van der Waals surface area contributed by atoms with E-state index in [1.54, 1.807) is 0 Å². The normalized spacial score (nSPS) is 10.7. The third-order valence-corrected chi connectivity index (χ3v) is 7.73. The minimum absolute atomic E-state index is 0. The van der Waals surface area contributed by atoms with Crippen molar-refractivity contribution in [2.24, 2.45) is 0 Å². The van der Waals surface area contributed by atoms with Crippen LogP contribution in [0.2, 0.25) is 0 Å². The van der Waals surface area contributed by atoms with Gasteiger partial charge in [0.15, 0.2) is 0 Å². The molecule has 1 aliphatic rings. The predicted molar refractivity (Wildman–Crippen MR) is 180 cm³/mol. The van der Waals surface area contributed by atoms with Gasteiger partial charge in [-0.25, -0.2) is 0 Å². The SMILES string of the molecule is C1=CCC(c2cccc3c2[cH-]c2ccccc23)=C1.CCOCC.Cl.Cl.Cl.[H-].[Li+].[Zr]=[C](c1ccccc1)c1ccccc1. The second-order valence-corrected chi connectivity index (χ2v) is 9.94. The van der Waals surface area contributed by atoms with Gasteiger partial charge < -0.3 is 6.16 Å². The van der Waals surface area contributed by atoms with E-state index < -0.39 is 0 Å². The van der Waals surface area contributed by atoms with Crippen LogP contribution in [0.5, 0.6) is 0 Å². The van der Waals surface area contributed by atoms with E-state index in [0.717, 1.165) is 19.6 Å². The van der Waals surface area contributed by atoms with Crippen LogP contribution in [-0.2, 0) is 29.0 Å². The summed E-state index contributed by atoms with van der Waals surface area (Å²) in [7, 11) is 0. The van der Waals surface area contributed by atoms with E-state index in [1.807, 2.05) is 13.8 Å². The van der Waals surface area contributed by atoms with E-state index in [-0.39, 0.29) is 57.5 Å². The second-order valence-electron chi connectivity index (χ2n) is 8.71. The summed E-state index contributed by atoms with van der Waals surface area (Å²) in [4.78, 5) is 0.